The average molecular weight is 418 g/mol. The lowest BCUT2D eigenvalue weighted by Gasteiger charge is -2.24. The minimum Gasteiger partial charge on any atom is -0.454 e. The van der Waals surface area contributed by atoms with Crippen molar-refractivity contribution in [2.45, 2.75) is 53.1 Å². The molecule has 0 saturated carbocycles. The van der Waals surface area contributed by atoms with E-state index in [2.05, 4.69) is 30.7 Å². The Morgan fingerprint density at radius 1 is 1.27 bits per heavy atom. The molecule has 2 heterocycles. The summed E-state index contributed by atoms with van der Waals surface area (Å²) in [6.45, 7) is 9.18. The fourth-order valence-corrected chi connectivity index (χ4v) is 3.24. The van der Waals surface area contributed by atoms with Crippen LogP contribution >= 0.6 is 0 Å². The van der Waals surface area contributed by atoms with Crippen LogP contribution in [-0.4, -0.2) is 48.1 Å². The first-order valence-electron chi connectivity index (χ1n) is 10.7. The monoisotopic (exact) mass is 417 g/mol. The molecule has 166 valence electrons. The summed E-state index contributed by atoms with van der Waals surface area (Å²) in [7, 11) is 1.64. The molecule has 0 aliphatic rings. The molecule has 2 aromatic heterocycles. The summed E-state index contributed by atoms with van der Waals surface area (Å²) in [6.07, 6.45) is 4.21. The van der Waals surface area contributed by atoms with Crippen LogP contribution in [0.5, 0.6) is 0 Å². The highest BCUT2D eigenvalue weighted by atomic mass is 16.5. The summed E-state index contributed by atoms with van der Waals surface area (Å²) in [6, 6.07) is 7.51. The van der Waals surface area contributed by atoms with E-state index in [1.54, 1.807) is 13.2 Å². The van der Waals surface area contributed by atoms with Gasteiger partial charge in [0, 0.05) is 45.1 Å². The molecule has 0 atom stereocenters. The van der Waals surface area contributed by atoms with E-state index < -0.39 is 0 Å². The Bertz CT molecular complexity index is 794. The van der Waals surface area contributed by atoms with Crippen LogP contribution in [0, 0.1) is 5.92 Å². The van der Waals surface area contributed by atoms with Gasteiger partial charge in [-0.2, -0.15) is 0 Å². The van der Waals surface area contributed by atoms with Crippen molar-refractivity contribution >= 4 is 11.8 Å². The van der Waals surface area contributed by atoms with Crippen molar-refractivity contribution < 1.29 is 18.7 Å². The van der Waals surface area contributed by atoms with Crippen LogP contribution in [0.4, 0.5) is 0 Å². The zero-order valence-corrected chi connectivity index (χ0v) is 18.6. The smallest absolute Gasteiger partial charge is 0.286 e. The fourth-order valence-electron chi connectivity index (χ4n) is 3.24. The number of carbonyl (C=O) groups is 2. The van der Waals surface area contributed by atoms with Crippen molar-refractivity contribution in [3.05, 3.63) is 47.7 Å². The molecule has 0 saturated heterocycles. The Kier molecular flexibility index (Phi) is 9.67. The molecule has 0 aromatic carbocycles. The molecular formula is C23H35N3O4. The topological polar surface area (TPSA) is 76.7 Å². The van der Waals surface area contributed by atoms with E-state index in [-0.39, 0.29) is 11.8 Å². The first-order valence-corrected chi connectivity index (χ1v) is 10.7. The van der Waals surface area contributed by atoms with Gasteiger partial charge in [-0.1, -0.05) is 20.8 Å². The predicted molar refractivity (Wildman–Crippen MR) is 116 cm³/mol. The van der Waals surface area contributed by atoms with Crippen LogP contribution < -0.4 is 5.32 Å². The summed E-state index contributed by atoms with van der Waals surface area (Å²) in [5.41, 5.74) is 1.04. The van der Waals surface area contributed by atoms with Crippen LogP contribution in [-0.2, 0) is 22.6 Å². The van der Waals surface area contributed by atoms with Crippen molar-refractivity contribution in [1.29, 1.82) is 0 Å². The fraction of sp³-hybridized carbons (Fsp3) is 0.565. The molecule has 2 rings (SSSR count). The Morgan fingerprint density at radius 3 is 2.77 bits per heavy atom. The lowest BCUT2D eigenvalue weighted by Crippen LogP contribution is -2.32. The van der Waals surface area contributed by atoms with Crippen LogP contribution in [0.25, 0.3) is 0 Å². The molecule has 7 heteroatoms. The van der Waals surface area contributed by atoms with Crippen LogP contribution in [0.15, 0.2) is 34.9 Å². The Morgan fingerprint density at radius 2 is 2.07 bits per heavy atom. The van der Waals surface area contributed by atoms with Crippen LogP contribution in [0.1, 0.15) is 62.0 Å². The SMILES string of the molecule is CCCN(Cc1cccn1Cc1ccc(C(=O)NCCCOC)o1)C(=O)CC(C)C. The van der Waals surface area contributed by atoms with E-state index in [9.17, 15) is 9.59 Å². The van der Waals surface area contributed by atoms with Gasteiger partial charge in [0.2, 0.25) is 5.91 Å². The van der Waals surface area contributed by atoms with Gasteiger partial charge in [-0.25, -0.2) is 0 Å². The van der Waals surface area contributed by atoms with E-state index in [0.717, 1.165) is 25.1 Å². The summed E-state index contributed by atoms with van der Waals surface area (Å²) in [5.74, 6) is 1.30. The molecule has 30 heavy (non-hydrogen) atoms. The second-order valence-corrected chi connectivity index (χ2v) is 7.91. The zero-order valence-electron chi connectivity index (χ0n) is 18.6. The molecule has 0 unspecified atom stereocenters. The maximum Gasteiger partial charge on any atom is 0.286 e. The third-order valence-electron chi connectivity index (χ3n) is 4.73. The number of nitrogens with one attached hydrogen (secondary N) is 1. The van der Waals surface area contributed by atoms with Crippen molar-refractivity contribution in [1.82, 2.24) is 14.8 Å². The largest absolute Gasteiger partial charge is 0.454 e. The van der Waals surface area contributed by atoms with Crippen molar-refractivity contribution in [3.8, 4) is 0 Å². The third kappa shape index (κ3) is 7.37. The number of hydrogen-bond donors (Lipinski definition) is 1. The minimum absolute atomic E-state index is 0.185. The van der Waals surface area contributed by atoms with Gasteiger partial charge in [-0.15, -0.1) is 0 Å². The highest BCUT2D eigenvalue weighted by Crippen LogP contribution is 2.15. The van der Waals surface area contributed by atoms with Crippen molar-refractivity contribution in [2.24, 2.45) is 5.92 Å². The standard InChI is InChI=1S/C23H35N3O4/c1-5-12-26(22(27)15-18(2)3)16-19-8-6-13-25(19)17-20-9-10-21(30-20)23(28)24-11-7-14-29-4/h6,8-10,13,18H,5,7,11-12,14-17H2,1-4H3,(H,24,28). The van der Waals surface area contributed by atoms with E-state index in [0.29, 0.717) is 50.1 Å². The van der Waals surface area contributed by atoms with Crippen molar-refractivity contribution in [3.63, 3.8) is 0 Å². The molecule has 0 radical (unpaired) electrons. The van der Waals surface area contributed by atoms with Gasteiger partial charge in [0.25, 0.3) is 5.91 Å². The third-order valence-corrected chi connectivity index (χ3v) is 4.73. The van der Waals surface area contributed by atoms with Gasteiger partial charge in [0.1, 0.15) is 5.76 Å². The molecule has 0 fully saturated rings. The van der Waals surface area contributed by atoms with E-state index in [1.807, 2.05) is 29.3 Å². The number of hydrogen-bond acceptors (Lipinski definition) is 4. The molecule has 0 bridgehead atoms. The molecule has 0 spiro atoms. The van der Waals surface area contributed by atoms with E-state index in [4.69, 9.17) is 9.15 Å². The number of methoxy groups -OCH3 is 1. The molecule has 2 aromatic rings. The molecule has 0 aliphatic carbocycles. The molecule has 2 amide bonds. The Balaban J connectivity index is 1.99. The van der Waals surface area contributed by atoms with Gasteiger partial charge in [-0.05, 0) is 43.0 Å². The zero-order chi connectivity index (χ0) is 21.9. The number of ether oxygens (including phenoxy) is 1. The van der Waals surface area contributed by atoms with E-state index >= 15 is 0 Å². The van der Waals surface area contributed by atoms with Crippen molar-refractivity contribution in [2.75, 3.05) is 26.8 Å². The maximum absolute atomic E-state index is 12.6. The highest BCUT2D eigenvalue weighted by molar-refractivity contribution is 5.91. The normalized spacial score (nSPS) is 11.1. The number of amides is 2. The highest BCUT2D eigenvalue weighted by Gasteiger charge is 2.17. The second-order valence-electron chi connectivity index (χ2n) is 7.91. The van der Waals surface area contributed by atoms with Gasteiger partial charge in [-0.3, -0.25) is 9.59 Å². The van der Waals surface area contributed by atoms with Gasteiger partial charge >= 0.3 is 0 Å². The van der Waals surface area contributed by atoms with Gasteiger partial charge in [0.05, 0.1) is 13.1 Å². The maximum atomic E-state index is 12.6. The molecular weight excluding hydrogens is 382 g/mol. The number of nitrogens with zero attached hydrogens (tertiary/aromatic N) is 2. The number of aromatic nitrogens is 1. The number of rotatable bonds is 13. The summed E-state index contributed by atoms with van der Waals surface area (Å²) >= 11 is 0. The van der Waals surface area contributed by atoms with Gasteiger partial charge < -0.3 is 23.9 Å². The summed E-state index contributed by atoms with van der Waals surface area (Å²) < 4.78 is 12.8. The van der Waals surface area contributed by atoms with Gasteiger partial charge in [0.15, 0.2) is 5.76 Å². The summed E-state index contributed by atoms with van der Waals surface area (Å²) in [4.78, 5) is 26.7. The van der Waals surface area contributed by atoms with Crippen LogP contribution in [0.3, 0.4) is 0 Å². The van der Waals surface area contributed by atoms with Crippen LogP contribution in [0.2, 0.25) is 0 Å². The summed E-state index contributed by atoms with van der Waals surface area (Å²) in [5, 5.41) is 2.82. The Hall–Kier alpha value is -2.54. The average Bonchev–Trinajstić information content (AvgIpc) is 3.34. The Labute approximate surface area is 179 Å². The number of carbonyl (C=O) groups excluding carboxylic acids is 2. The molecule has 0 aliphatic heterocycles. The minimum atomic E-state index is -0.224. The molecule has 7 nitrogen and oxygen atoms in total. The second kappa shape index (κ2) is 12.2. The quantitative estimate of drug-likeness (QED) is 0.505. The lowest BCUT2D eigenvalue weighted by atomic mass is 10.1. The lowest BCUT2D eigenvalue weighted by molar-refractivity contribution is -0.132. The van der Waals surface area contributed by atoms with E-state index in [1.165, 1.54) is 0 Å². The first-order chi connectivity index (χ1) is 14.4. The predicted octanol–water partition coefficient (Wildman–Crippen LogP) is 3.68. The first kappa shape index (κ1) is 23.7. The molecule has 1 N–H and O–H groups in total. The number of furan rings is 1.